The van der Waals surface area contributed by atoms with Crippen LogP contribution in [0.1, 0.15) is 33.3 Å². The van der Waals surface area contributed by atoms with Gasteiger partial charge in [-0.2, -0.15) is 0 Å². The summed E-state index contributed by atoms with van der Waals surface area (Å²) < 4.78 is 5.09. The second kappa shape index (κ2) is 6.92. The number of carboxylic acids is 1. The summed E-state index contributed by atoms with van der Waals surface area (Å²) in [5.74, 6) is -1.06. The third-order valence-electron chi connectivity index (χ3n) is 2.73. The number of aliphatic carboxylic acids is 1. The lowest BCUT2D eigenvalue weighted by Gasteiger charge is -2.20. The Hall–Kier alpha value is -2.30. The molecule has 1 rings (SSSR count). The third kappa shape index (κ3) is 5.69. The van der Waals surface area contributed by atoms with E-state index in [1.165, 1.54) is 0 Å². The Morgan fingerprint density at radius 2 is 1.76 bits per heavy atom. The van der Waals surface area contributed by atoms with E-state index in [-0.39, 0.29) is 12.1 Å². The van der Waals surface area contributed by atoms with E-state index in [4.69, 9.17) is 4.74 Å². The topological polar surface area (TPSA) is 75.6 Å². The maximum atomic E-state index is 11.6. The first-order valence-electron chi connectivity index (χ1n) is 6.66. The molecule has 0 saturated carbocycles. The van der Waals surface area contributed by atoms with Crippen molar-refractivity contribution in [2.75, 3.05) is 6.54 Å². The van der Waals surface area contributed by atoms with E-state index >= 15 is 0 Å². The Balaban J connectivity index is 2.85. The smallest absolute Gasteiger partial charge is 0.407 e. The summed E-state index contributed by atoms with van der Waals surface area (Å²) in [4.78, 5) is 23.0. The number of carbonyl (C=O) groups excluding carboxylic acids is 1. The second-order valence-corrected chi connectivity index (χ2v) is 5.63. The summed E-state index contributed by atoms with van der Waals surface area (Å²) in [6, 6.07) is 9.17. The molecule has 0 aliphatic heterocycles. The fraction of sp³-hybridized carbons (Fsp3) is 0.375. The van der Waals surface area contributed by atoms with E-state index in [0.717, 1.165) is 5.56 Å². The van der Waals surface area contributed by atoms with Crippen LogP contribution in [-0.4, -0.2) is 29.3 Å². The standard InChI is InChI=1S/C16H21NO4/c1-11(12-8-6-5-7-9-12)13(14(18)19)10-17-15(20)21-16(2,3)4/h5-9H,10H2,1-4H3,(H,17,20)(H,18,19)/b13-11+. The molecule has 114 valence electrons. The number of rotatable bonds is 4. The number of nitrogens with one attached hydrogen (secondary N) is 1. The predicted molar refractivity (Wildman–Crippen MR) is 80.9 cm³/mol. The monoisotopic (exact) mass is 291 g/mol. The van der Waals surface area contributed by atoms with Crippen molar-refractivity contribution in [3.63, 3.8) is 0 Å². The van der Waals surface area contributed by atoms with Gasteiger partial charge in [-0.1, -0.05) is 30.3 Å². The molecule has 0 aliphatic rings. The average Bonchev–Trinajstić information content (AvgIpc) is 2.37. The van der Waals surface area contributed by atoms with Crippen LogP contribution in [0, 0.1) is 0 Å². The number of allylic oxidation sites excluding steroid dienone is 1. The molecule has 1 aromatic carbocycles. The quantitative estimate of drug-likeness (QED) is 0.836. The van der Waals surface area contributed by atoms with Crippen LogP contribution in [0.5, 0.6) is 0 Å². The highest BCUT2D eigenvalue weighted by Gasteiger charge is 2.18. The highest BCUT2D eigenvalue weighted by molar-refractivity contribution is 5.96. The van der Waals surface area contributed by atoms with E-state index in [1.54, 1.807) is 27.7 Å². The van der Waals surface area contributed by atoms with Gasteiger partial charge in [-0.05, 0) is 38.8 Å². The molecule has 0 bridgehead atoms. The van der Waals surface area contributed by atoms with E-state index in [2.05, 4.69) is 5.32 Å². The fourth-order valence-corrected chi connectivity index (χ4v) is 1.71. The number of carbonyl (C=O) groups is 2. The summed E-state index contributed by atoms with van der Waals surface area (Å²) in [6.45, 7) is 6.86. The molecule has 0 spiro atoms. The van der Waals surface area contributed by atoms with E-state index in [1.807, 2.05) is 30.3 Å². The van der Waals surface area contributed by atoms with Gasteiger partial charge in [-0.3, -0.25) is 0 Å². The highest BCUT2D eigenvalue weighted by Crippen LogP contribution is 2.18. The maximum Gasteiger partial charge on any atom is 0.407 e. The van der Waals surface area contributed by atoms with Gasteiger partial charge in [0.1, 0.15) is 5.60 Å². The van der Waals surface area contributed by atoms with Crippen molar-refractivity contribution < 1.29 is 19.4 Å². The highest BCUT2D eigenvalue weighted by atomic mass is 16.6. The zero-order valence-corrected chi connectivity index (χ0v) is 12.8. The van der Waals surface area contributed by atoms with Gasteiger partial charge in [0.25, 0.3) is 0 Å². The average molecular weight is 291 g/mol. The molecule has 0 aromatic heterocycles. The molecule has 2 N–H and O–H groups in total. The summed E-state index contributed by atoms with van der Waals surface area (Å²) >= 11 is 0. The van der Waals surface area contributed by atoms with Crippen molar-refractivity contribution in [2.45, 2.75) is 33.3 Å². The van der Waals surface area contributed by atoms with Gasteiger partial charge in [-0.15, -0.1) is 0 Å². The number of alkyl carbamates (subject to hydrolysis) is 1. The zero-order valence-electron chi connectivity index (χ0n) is 12.8. The van der Waals surface area contributed by atoms with Crippen LogP contribution in [-0.2, 0) is 9.53 Å². The molecule has 5 heteroatoms. The second-order valence-electron chi connectivity index (χ2n) is 5.63. The van der Waals surface area contributed by atoms with E-state index < -0.39 is 17.7 Å². The first-order chi connectivity index (χ1) is 9.70. The zero-order chi connectivity index (χ0) is 16.0. The third-order valence-corrected chi connectivity index (χ3v) is 2.73. The number of carboxylic acid groups (broad SMARTS) is 1. The Bertz CT molecular complexity index is 541. The van der Waals surface area contributed by atoms with E-state index in [9.17, 15) is 14.7 Å². The van der Waals surface area contributed by atoms with E-state index in [0.29, 0.717) is 5.57 Å². The first-order valence-corrected chi connectivity index (χ1v) is 6.66. The van der Waals surface area contributed by atoms with Crippen molar-refractivity contribution in [1.82, 2.24) is 5.32 Å². The Morgan fingerprint density at radius 1 is 1.19 bits per heavy atom. The van der Waals surface area contributed by atoms with Gasteiger partial charge in [0.15, 0.2) is 0 Å². The Morgan fingerprint density at radius 3 is 2.24 bits per heavy atom. The van der Waals surface area contributed by atoms with Crippen LogP contribution in [0.15, 0.2) is 35.9 Å². The lowest BCUT2D eigenvalue weighted by atomic mass is 10.0. The van der Waals surface area contributed by atoms with Gasteiger partial charge in [-0.25, -0.2) is 9.59 Å². The van der Waals surface area contributed by atoms with Crippen LogP contribution in [0.3, 0.4) is 0 Å². The molecular weight excluding hydrogens is 270 g/mol. The fourth-order valence-electron chi connectivity index (χ4n) is 1.71. The molecular formula is C16H21NO4. The molecule has 0 aliphatic carbocycles. The lowest BCUT2D eigenvalue weighted by molar-refractivity contribution is -0.132. The summed E-state index contributed by atoms with van der Waals surface area (Å²) in [6.07, 6.45) is -0.637. The Kier molecular flexibility index (Phi) is 5.52. The SMILES string of the molecule is C/C(=C(/CNC(=O)OC(C)(C)C)C(=O)O)c1ccccc1. The summed E-state index contributed by atoms with van der Waals surface area (Å²) in [7, 11) is 0. The normalized spacial score (nSPS) is 12.4. The van der Waals surface area contributed by atoms with Crippen molar-refractivity contribution in [3.8, 4) is 0 Å². The van der Waals surface area contributed by atoms with Crippen LogP contribution in [0.25, 0.3) is 5.57 Å². The van der Waals surface area contributed by atoms with Gasteiger partial charge < -0.3 is 15.2 Å². The minimum Gasteiger partial charge on any atom is -0.478 e. The maximum absolute atomic E-state index is 11.6. The van der Waals surface area contributed by atoms with Crippen molar-refractivity contribution in [1.29, 1.82) is 0 Å². The van der Waals surface area contributed by atoms with Gasteiger partial charge in [0.2, 0.25) is 0 Å². The Labute approximate surface area is 124 Å². The lowest BCUT2D eigenvalue weighted by Crippen LogP contribution is -2.34. The predicted octanol–water partition coefficient (Wildman–Crippen LogP) is 3.07. The molecule has 0 saturated heterocycles. The van der Waals surface area contributed by atoms with Crippen molar-refractivity contribution in [3.05, 3.63) is 41.5 Å². The van der Waals surface area contributed by atoms with Crippen molar-refractivity contribution in [2.24, 2.45) is 0 Å². The van der Waals surface area contributed by atoms with Crippen LogP contribution < -0.4 is 5.32 Å². The number of amides is 1. The summed E-state index contributed by atoms with van der Waals surface area (Å²) in [5, 5.41) is 11.8. The summed E-state index contributed by atoms with van der Waals surface area (Å²) in [5.41, 5.74) is 0.929. The van der Waals surface area contributed by atoms with Crippen LogP contribution in [0.4, 0.5) is 4.79 Å². The van der Waals surface area contributed by atoms with Gasteiger partial charge >= 0.3 is 12.1 Å². The minimum atomic E-state index is -1.06. The molecule has 0 unspecified atom stereocenters. The molecule has 0 atom stereocenters. The largest absolute Gasteiger partial charge is 0.478 e. The molecule has 5 nitrogen and oxygen atoms in total. The molecule has 1 amide bonds. The van der Waals surface area contributed by atoms with Crippen molar-refractivity contribution >= 4 is 17.6 Å². The van der Waals surface area contributed by atoms with Crippen LogP contribution >= 0.6 is 0 Å². The number of hydrogen-bond acceptors (Lipinski definition) is 3. The van der Waals surface area contributed by atoms with Gasteiger partial charge in [0, 0.05) is 0 Å². The number of benzene rings is 1. The minimum absolute atomic E-state index is 0.0923. The molecule has 21 heavy (non-hydrogen) atoms. The first kappa shape index (κ1) is 16.8. The molecule has 0 heterocycles. The number of hydrogen-bond donors (Lipinski definition) is 2. The molecule has 0 fully saturated rings. The number of ether oxygens (including phenoxy) is 1. The molecule has 1 aromatic rings. The van der Waals surface area contributed by atoms with Crippen LogP contribution in [0.2, 0.25) is 0 Å². The van der Waals surface area contributed by atoms with Gasteiger partial charge in [0.05, 0.1) is 12.1 Å². The molecule has 0 radical (unpaired) electrons.